The molecule has 0 fully saturated rings. The van der Waals surface area contributed by atoms with Gasteiger partial charge in [0, 0.05) is 23.0 Å². The first-order valence-corrected chi connectivity index (χ1v) is 9.67. The summed E-state index contributed by atoms with van der Waals surface area (Å²) in [5, 5.41) is 18.1. The summed E-state index contributed by atoms with van der Waals surface area (Å²) in [5.41, 5.74) is 1.56. The Balaban J connectivity index is 2.01. The standard InChI is InChI=1S/C25H15N3O2/c29-28(30)21-15-17-8-2-4-10-19(17)24-23-18-9-3-1-7-16(18)12-13-20(23)27(25(21)24)22-11-5-6-14-26-22/h1-15H. The monoisotopic (exact) mass is 389 g/mol. The largest absolute Gasteiger partial charge is 0.294 e. The van der Waals surface area contributed by atoms with Crippen molar-refractivity contribution in [2.24, 2.45) is 0 Å². The highest BCUT2D eigenvalue weighted by molar-refractivity contribution is 6.30. The molecule has 0 saturated carbocycles. The Hall–Kier alpha value is -4.25. The van der Waals surface area contributed by atoms with Gasteiger partial charge in [0.1, 0.15) is 11.3 Å². The Morgan fingerprint density at radius 1 is 0.767 bits per heavy atom. The zero-order valence-corrected chi connectivity index (χ0v) is 15.8. The van der Waals surface area contributed by atoms with Crippen LogP contribution in [0.3, 0.4) is 0 Å². The highest BCUT2D eigenvalue weighted by atomic mass is 16.6. The Labute approximate surface area is 171 Å². The van der Waals surface area contributed by atoms with Gasteiger partial charge in [0.25, 0.3) is 5.69 Å². The van der Waals surface area contributed by atoms with Crippen LogP contribution in [0.25, 0.3) is 49.2 Å². The molecule has 4 aromatic carbocycles. The van der Waals surface area contributed by atoms with Crippen molar-refractivity contribution in [1.82, 2.24) is 9.55 Å². The number of hydrogen-bond acceptors (Lipinski definition) is 3. The second-order valence-electron chi connectivity index (χ2n) is 7.30. The average Bonchev–Trinajstić information content (AvgIpc) is 3.15. The van der Waals surface area contributed by atoms with E-state index in [1.165, 1.54) is 0 Å². The van der Waals surface area contributed by atoms with E-state index in [0.29, 0.717) is 11.3 Å². The van der Waals surface area contributed by atoms with Gasteiger partial charge in [-0.3, -0.25) is 14.7 Å². The summed E-state index contributed by atoms with van der Waals surface area (Å²) < 4.78 is 1.92. The van der Waals surface area contributed by atoms with Crippen molar-refractivity contribution in [3.63, 3.8) is 0 Å². The van der Waals surface area contributed by atoms with Crippen LogP contribution in [0.2, 0.25) is 0 Å². The number of rotatable bonds is 2. The molecule has 0 spiro atoms. The first-order chi connectivity index (χ1) is 14.7. The number of hydrogen-bond donors (Lipinski definition) is 0. The van der Waals surface area contributed by atoms with Gasteiger partial charge in [-0.15, -0.1) is 0 Å². The van der Waals surface area contributed by atoms with Crippen LogP contribution in [-0.4, -0.2) is 14.5 Å². The first-order valence-electron chi connectivity index (χ1n) is 9.67. The molecule has 5 heteroatoms. The van der Waals surface area contributed by atoms with E-state index in [4.69, 9.17) is 0 Å². The van der Waals surface area contributed by atoms with E-state index < -0.39 is 0 Å². The lowest BCUT2D eigenvalue weighted by Gasteiger charge is -2.07. The van der Waals surface area contributed by atoms with Crippen LogP contribution >= 0.6 is 0 Å². The molecule has 0 unspecified atom stereocenters. The van der Waals surface area contributed by atoms with Gasteiger partial charge in [-0.25, -0.2) is 4.98 Å². The average molecular weight is 389 g/mol. The molecule has 2 aromatic heterocycles. The van der Waals surface area contributed by atoms with Gasteiger partial charge in [0.15, 0.2) is 0 Å². The van der Waals surface area contributed by atoms with Crippen LogP contribution < -0.4 is 0 Å². The van der Waals surface area contributed by atoms with Crippen LogP contribution in [-0.2, 0) is 0 Å². The van der Waals surface area contributed by atoms with Gasteiger partial charge in [0.2, 0.25) is 0 Å². The smallest absolute Gasteiger partial charge is 0.287 e. The summed E-state index contributed by atoms with van der Waals surface area (Å²) in [5.74, 6) is 0.658. The fourth-order valence-corrected chi connectivity index (χ4v) is 4.49. The molecule has 30 heavy (non-hydrogen) atoms. The number of pyridine rings is 1. The SMILES string of the molecule is O=[N+]([O-])c1cc2ccccc2c2c3c4ccccc4ccc3n(-c3ccccn3)c12. The maximum atomic E-state index is 12.2. The summed E-state index contributed by atoms with van der Waals surface area (Å²) in [4.78, 5) is 16.4. The van der Waals surface area contributed by atoms with Crippen LogP contribution in [0.15, 0.2) is 91.1 Å². The van der Waals surface area contributed by atoms with Gasteiger partial charge < -0.3 is 0 Å². The zero-order chi connectivity index (χ0) is 20.2. The Bertz CT molecular complexity index is 1620. The topological polar surface area (TPSA) is 61.0 Å². The molecule has 0 N–H and O–H groups in total. The van der Waals surface area contributed by atoms with Crippen molar-refractivity contribution in [3.8, 4) is 5.82 Å². The fraction of sp³-hybridized carbons (Fsp3) is 0. The number of benzene rings is 4. The molecule has 0 aliphatic heterocycles. The minimum Gasteiger partial charge on any atom is -0.287 e. The third-order valence-electron chi connectivity index (χ3n) is 5.70. The molecule has 0 amide bonds. The predicted octanol–water partition coefficient (Wildman–Crippen LogP) is 6.39. The van der Waals surface area contributed by atoms with Crippen LogP contribution in [0.1, 0.15) is 0 Å². The van der Waals surface area contributed by atoms with Crippen molar-refractivity contribution >= 4 is 49.0 Å². The lowest BCUT2D eigenvalue weighted by atomic mass is 9.99. The van der Waals surface area contributed by atoms with Gasteiger partial charge in [0.05, 0.1) is 10.4 Å². The quantitative estimate of drug-likeness (QED) is 0.254. The normalized spacial score (nSPS) is 11.6. The van der Waals surface area contributed by atoms with E-state index in [9.17, 15) is 10.1 Å². The van der Waals surface area contributed by atoms with Crippen molar-refractivity contribution in [2.45, 2.75) is 0 Å². The van der Waals surface area contributed by atoms with Gasteiger partial charge in [-0.2, -0.15) is 0 Å². The van der Waals surface area contributed by atoms with Crippen LogP contribution in [0.4, 0.5) is 5.69 Å². The third-order valence-corrected chi connectivity index (χ3v) is 5.70. The predicted molar refractivity (Wildman–Crippen MR) is 120 cm³/mol. The molecular formula is C25H15N3O2. The van der Waals surface area contributed by atoms with Crippen LogP contribution in [0.5, 0.6) is 0 Å². The van der Waals surface area contributed by atoms with Crippen molar-refractivity contribution in [1.29, 1.82) is 0 Å². The zero-order valence-electron chi connectivity index (χ0n) is 15.8. The molecule has 6 aromatic rings. The van der Waals surface area contributed by atoms with Crippen molar-refractivity contribution < 1.29 is 4.92 Å². The fourth-order valence-electron chi connectivity index (χ4n) is 4.49. The van der Waals surface area contributed by atoms with E-state index in [1.807, 2.05) is 65.2 Å². The lowest BCUT2D eigenvalue weighted by Crippen LogP contribution is -1.99. The summed E-state index contributed by atoms with van der Waals surface area (Å²) in [6.07, 6.45) is 1.71. The Morgan fingerprint density at radius 2 is 1.47 bits per heavy atom. The molecular weight excluding hydrogens is 374 g/mol. The summed E-state index contributed by atoms with van der Waals surface area (Å²) >= 11 is 0. The number of aromatic nitrogens is 2. The van der Waals surface area contributed by atoms with E-state index in [0.717, 1.165) is 37.8 Å². The summed E-state index contributed by atoms with van der Waals surface area (Å²) in [6.45, 7) is 0. The van der Waals surface area contributed by atoms with Gasteiger partial charge in [-0.05, 0) is 39.7 Å². The summed E-state index contributed by atoms with van der Waals surface area (Å²) in [6, 6.07) is 27.4. The molecule has 0 aliphatic rings. The molecule has 0 aliphatic carbocycles. The number of nitro groups is 1. The number of non-ortho nitro benzene ring substituents is 1. The highest BCUT2D eigenvalue weighted by Gasteiger charge is 2.25. The van der Waals surface area contributed by atoms with Crippen molar-refractivity contribution in [2.75, 3.05) is 0 Å². The number of nitrogens with zero attached hydrogens (tertiary/aromatic N) is 3. The maximum Gasteiger partial charge on any atom is 0.294 e. The number of nitro benzene ring substituents is 1. The van der Waals surface area contributed by atoms with E-state index in [2.05, 4.69) is 23.2 Å². The van der Waals surface area contributed by atoms with E-state index >= 15 is 0 Å². The Kier molecular flexibility index (Phi) is 3.40. The highest BCUT2D eigenvalue weighted by Crippen LogP contribution is 2.43. The molecule has 0 saturated heterocycles. The van der Waals surface area contributed by atoms with Crippen molar-refractivity contribution in [3.05, 3.63) is 101 Å². The minimum atomic E-state index is -0.296. The molecule has 0 bridgehead atoms. The first kappa shape index (κ1) is 16.7. The molecule has 2 heterocycles. The molecule has 142 valence electrons. The van der Waals surface area contributed by atoms with E-state index in [-0.39, 0.29) is 10.6 Å². The van der Waals surface area contributed by atoms with Gasteiger partial charge >= 0.3 is 0 Å². The molecule has 0 radical (unpaired) electrons. The molecule has 5 nitrogen and oxygen atoms in total. The second kappa shape index (κ2) is 6.12. The number of fused-ring (bicyclic) bond motifs is 7. The molecule has 0 atom stereocenters. The van der Waals surface area contributed by atoms with Crippen LogP contribution in [0, 0.1) is 10.1 Å². The van der Waals surface area contributed by atoms with E-state index in [1.54, 1.807) is 12.3 Å². The van der Waals surface area contributed by atoms with Gasteiger partial charge in [-0.1, -0.05) is 60.7 Å². The Morgan fingerprint density at radius 3 is 2.20 bits per heavy atom. The summed E-state index contributed by atoms with van der Waals surface area (Å²) in [7, 11) is 0. The minimum absolute atomic E-state index is 0.0784. The molecule has 6 rings (SSSR count). The lowest BCUT2D eigenvalue weighted by molar-refractivity contribution is -0.383. The second-order valence-corrected chi connectivity index (χ2v) is 7.30. The third kappa shape index (κ3) is 2.20. The maximum absolute atomic E-state index is 12.2.